The van der Waals surface area contributed by atoms with Gasteiger partial charge in [0.25, 0.3) is 0 Å². The molecule has 0 saturated carbocycles. The fraction of sp³-hybridized carbons (Fsp3) is 0.571. The molecule has 0 atom stereocenters. The number of carbonyl (C=O) groups is 1. The Kier molecular flexibility index (Phi) is 3.54. The van der Waals surface area contributed by atoms with Crippen LogP contribution in [0.5, 0.6) is 0 Å². The molecule has 0 aliphatic rings. The molecule has 0 aromatic heterocycles. The van der Waals surface area contributed by atoms with Crippen LogP contribution in [-0.4, -0.2) is 16.2 Å². The lowest BCUT2D eigenvalue weighted by Gasteiger charge is -1.96. The number of hydrogen-bond donors (Lipinski definition) is 2. The van der Waals surface area contributed by atoms with Crippen molar-refractivity contribution < 1.29 is 15.0 Å². The number of allylic oxidation sites excluding steroid dienone is 1. The van der Waals surface area contributed by atoms with E-state index in [9.17, 15) is 4.79 Å². The maximum Gasteiger partial charge on any atom is 0.370 e. The van der Waals surface area contributed by atoms with Crippen LogP contribution in [0.25, 0.3) is 0 Å². The summed E-state index contributed by atoms with van der Waals surface area (Å²) in [6, 6.07) is 0. The summed E-state index contributed by atoms with van der Waals surface area (Å²) in [6.45, 7) is 3.90. The van der Waals surface area contributed by atoms with Crippen molar-refractivity contribution in [2.24, 2.45) is 5.92 Å². The summed E-state index contributed by atoms with van der Waals surface area (Å²) in [5.74, 6) is -1.45. The molecule has 0 fully saturated rings. The summed E-state index contributed by atoms with van der Waals surface area (Å²) < 4.78 is 0. The molecule has 10 heavy (non-hydrogen) atoms. The molecule has 2 N–H and O–H groups in total. The molecule has 0 spiro atoms. The summed E-state index contributed by atoms with van der Waals surface area (Å²) in [4.78, 5) is 9.99. The monoisotopic (exact) mass is 144 g/mol. The van der Waals surface area contributed by atoms with E-state index in [2.05, 4.69) is 0 Å². The van der Waals surface area contributed by atoms with Crippen molar-refractivity contribution in [3.63, 3.8) is 0 Å². The maximum atomic E-state index is 9.99. The Bertz CT molecular complexity index is 147. The predicted octanol–water partition coefficient (Wildman–Crippen LogP) is 1.56. The lowest BCUT2D eigenvalue weighted by molar-refractivity contribution is -0.135. The van der Waals surface area contributed by atoms with E-state index in [1.807, 2.05) is 13.8 Å². The van der Waals surface area contributed by atoms with Crippen molar-refractivity contribution in [3.8, 4) is 0 Å². The summed E-state index contributed by atoms with van der Waals surface area (Å²) >= 11 is 0. The van der Waals surface area contributed by atoms with Gasteiger partial charge in [0, 0.05) is 0 Å². The van der Waals surface area contributed by atoms with Gasteiger partial charge in [-0.2, -0.15) is 0 Å². The molecule has 3 nitrogen and oxygen atoms in total. The first-order chi connectivity index (χ1) is 4.54. The second kappa shape index (κ2) is 3.93. The first-order valence-corrected chi connectivity index (χ1v) is 3.16. The van der Waals surface area contributed by atoms with Crippen LogP contribution in [-0.2, 0) is 4.79 Å². The molecule has 58 valence electrons. The highest BCUT2D eigenvalue weighted by Crippen LogP contribution is 2.02. The number of aliphatic hydroxyl groups is 1. The summed E-state index contributed by atoms with van der Waals surface area (Å²) in [5.41, 5.74) is 0. The van der Waals surface area contributed by atoms with Gasteiger partial charge in [0.2, 0.25) is 0 Å². The van der Waals surface area contributed by atoms with Crippen molar-refractivity contribution in [3.05, 3.63) is 11.8 Å². The smallest absolute Gasteiger partial charge is 0.370 e. The Morgan fingerprint density at radius 3 is 2.30 bits per heavy atom. The van der Waals surface area contributed by atoms with Crippen LogP contribution >= 0.6 is 0 Å². The molecule has 3 heteroatoms. The van der Waals surface area contributed by atoms with Crippen molar-refractivity contribution in [2.75, 3.05) is 0 Å². The minimum absolute atomic E-state index is 0.376. The normalized spacial score (nSPS) is 12.1. The Labute approximate surface area is 60.0 Å². The van der Waals surface area contributed by atoms with E-state index in [0.29, 0.717) is 12.3 Å². The van der Waals surface area contributed by atoms with E-state index in [1.54, 1.807) is 0 Å². The fourth-order valence-electron chi connectivity index (χ4n) is 0.435. The zero-order valence-corrected chi connectivity index (χ0v) is 6.16. The van der Waals surface area contributed by atoms with Gasteiger partial charge in [-0.1, -0.05) is 13.8 Å². The van der Waals surface area contributed by atoms with Crippen molar-refractivity contribution in [2.45, 2.75) is 20.3 Å². The quantitative estimate of drug-likeness (QED) is 0.466. The van der Waals surface area contributed by atoms with Crippen LogP contribution in [0.2, 0.25) is 0 Å². The molecule has 0 heterocycles. The van der Waals surface area contributed by atoms with Gasteiger partial charge in [-0.15, -0.1) is 0 Å². The second-order valence-electron chi connectivity index (χ2n) is 2.52. The van der Waals surface area contributed by atoms with Crippen molar-refractivity contribution >= 4 is 5.97 Å². The van der Waals surface area contributed by atoms with Gasteiger partial charge in [-0.05, 0) is 18.4 Å². The van der Waals surface area contributed by atoms with Gasteiger partial charge >= 0.3 is 5.97 Å². The Balaban J connectivity index is 3.81. The molecule has 0 aliphatic heterocycles. The molecular weight excluding hydrogens is 132 g/mol. The average Bonchev–Trinajstić information content (AvgIpc) is 1.82. The number of rotatable bonds is 3. The first kappa shape index (κ1) is 9.01. The van der Waals surface area contributed by atoms with Crippen molar-refractivity contribution in [1.82, 2.24) is 0 Å². The van der Waals surface area contributed by atoms with Gasteiger partial charge in [0.15, 0.2) is 5.76 Å². The zero-order chi connectivity index (χ0) is 8.15. The molecule has 0 saturated heterocycles. The number of aliphatic carboxylic acids is 1. The molecule has 0 unspecified atom stereocenters. The topological polar surface area (TPSA) is 57.5 Å². The number of carboxylic acids is 1. The summed E-state index contributed by atoms with van der Waals surface area (Å²) in [7, 11) is 0. The van der Waals surface area contributed by atoms with E-state index in [1.165, 1.54) is 6.08 Å². The molecule has 0 aromatic rings. The Morgan fingerprint density at radius 2 is 2.00 bits per heavy atom. The average molecular weight is 144 g/mol. The first-order valence-electron chi connectivity index (χ1n) is 3.16. The van der Waals surface area contributed by atoms with Gasteiger partial charge in [0.05, 0.1) is 0 Å². The Morgan fingerprint density at radius 1 is 1.50 bits per heavy atom. The van der Waals surface area contributed by atoms with Gasteiger partial charge < -0.3 is 10.2 Å². The van der Waals surface area contributed by atoms with E-state index in [-0.39, 0.29) is 0 Å². The molecule has 0 amide bonds. The molecule has 0 aromatic carbocycles. The van der Waals surface area contributed by atoms with Crippen molar-refractivity contribution in [1.29, 1.82) is 0 Å². The molecule has 0 radical (unpaired) electrons. The minimum Gasteiger partial charge on any atom is -0.502 e. The van der Waals surface area contributed by atoms with E-state index in [4.69, 9.17) is 10.2 Å². The van der Waals surface area contributed by atoms with Crippen LogP contribution < -0.4 is 0 Å². The van der Waals surface area contributed by atoms with Crippen LogP contribution in [0.3, 0.4) is 0 Å². The zero-order valence-electron chi connectivity index (χ0n) is 6.16. The highest BCUT2D eigenvalue weighted by molar-refractivity contribution is 5.83. The fourth-order valence-corrected chi connectivity index (χ4v) is 0.435. The largest absolute Gasteiger partial charge is 0.502 e. The van der Waals surface area contributed by atoms with Gasteiger partial charge in [0.1, 0.15) is 0 Å². The van der Waals surface area contributed by atoms with Crippen LogP contribution in [0.1, 0.15) is 20.3 Å². The molecule has 0 aliphatic carbocycles. The highest BCUT2D eigenvalue weighted by Gasteiger charge is 2.02. The lowest BCUT2D eigenvalue weighted by atomic mass is 10.1. The van der Waals surface area contributed by atoms with Crippen LogP contribution in [0.15, 0.2) is 11.8 Å². The molecular formula is C7H12O3. The second-order valence-corrected chi connectivity index (χ2v) is 2.52. The van der Waals surface area contributed by atoms with E-state index < -0.39 is 11.7 Å². The SMILES string of the molecule is CC(C)C/C=C(\O)C(=O)O. The molecule has 0 rings (SSSR count). The number of hydrogen-bond acceptors (Lipinski definition) is 2. The minimum atomic E-state index is -1.26. The third-order valence-electron chi connectivity index (χ3n) is 1.00. The third-order valence-corrected chi connectivity index (χ3v) is 1.00. The van der Waals surface area contributed by atoms with E-state index in [0.717, 1.165) is 0 Å². The van der Waals surface area contributed by atoms with Gasteiger partial charge in [-0.25, -0.2) is 4.79 Å². The van der Waals surface area contributed by atoms with Crippen LogP contribution in [0.4, 0.5) is 0 Å². The summed E-state index contributed by atoms with van der Waals surface area (Å²) in [6.07, 6.45) is 1.91. The third kappa shape index (κ3) is 3.95. The predicted molar refractivity (Wildman–Crippen MR) is 37.8 cm³/mol. The summed E-state index contributed by atoms with van der Waals surface area (Å²) in [5, 5.41) is 16.8. The lowest BCUT2D eigenvalue weighted by Crippen LogP contribution is -1.99. The van der Waals surface area contributed by atoms with E-state index >= 15 is 0 Å². The maximum absolute atomic E-state index is 9.99. The van der Waals surface area contributed by atoms with Gasteiger partial charge in [-0.3, -0.25) is 0 Å². The highest BCUT2D eigenvalue weighted by atomic mass is 16.4. The standard InChI is InChI=1S/C7H12O3/c1-5(2)3-4-6(8)7(9)10/h4-5,8H,3H2,1-2H3,(H,9,10)/b6-4-. The number of aliphatic hydroxyl groups excluding tert-OH is 1. The molecule has 0 bridgehead atoms. The Hall–Kier alpha value is -0.990. The van der Waals surface area contributed by atoms with Crippen LogP contribution in [0, 0.1) is 5.92 Å². The number of carboxylic acid groups (broad SMARTS) is 1.